The van der Waals surface area contributed by atoms with E-state index < -0.39 is 0 Å². The van der Waals surface area contributed by atoms with Crippen molar-refractivity contribution >= 4 is 0 Å². The lowest BCUT2D eigenvalue weighted by atomic mass is 10.1. The molecule has 2 N–H and O–H groups in total. The second kappa shape index (κ2) is 5.43. The van der Waals surface area contributed by atoms with Crippen LogP contribution < -0.4 is 5.73 Å². The molecule has 1 unspecified atom stereocenters. The Hall–Kier alpha value is -0.840. The van der Waals surface area contributed by atoms with Crippen LogP contribution in [-0.2, 0) is 0 Å². The third-order valence-corrected chi connectivity index (χ3v) is 4.21. The molecular weight excluding hydrogens is 226 g/mol. The van der Waals surface area contributed by atoms with Crippen LogP contribution >= 0.6 is 0 Å². The molecule has 0 bridgehead atoms. The maximum atomic E-state index is 5.92. The lowest BCUT2D eigenvalue weighted by Gasteiger charge is -2.38. The Balaban J connectivity index is 1.54. The summed E-state index contributed by atoms with van der Waals surface area (Å²) >= 11 is 0. The molecule has 2 aliphatic rings. The number of hydrogen-bond acceptors (Lipinski definition) is 4. The fraction of sp³-hybridized carbons (Fsp3) is 0.714. The SMILES string of the molecule is NCC(c1ccoc1)N1CCN(CC2CC2)CC1. The molecule has 1 aromatic rings. The number of piperazine rings is 1. The van der Waals surface area contributed by atoms with Crippen molar-refractivity contribution in [2.75, 3.05) is 39.3 Å². The lowest BCUT2D eigenvalue weighted by Crippen LogP contribution is -2.49. The van der Waals surface area contributed by atoms with Crippen LogP contribution in [0.25, 0.3) is 0 Å². The summed E-state index contributed by atoms with van der Waals surface area (Å²) in [6, 6.07) is 2.36. The largest absolute Gasteiger partial charge is 0.472 e. The third kappa shape index (κ3) is 2.76. The predicted octanol–water partition coefficient (Wildman–Crippen LogP) is 1.31. The minimum atomic E-state index is 0.326. The van der Waals surface area contributed by atoms with Gasteiger partial charge in [-0.05, 0) is 24.8 Å². The summed E-state index contributed by atoms with van der Waals surface area (Å²) in [6.07, 6.45) is 6.46. The maximum Gasteiger partial charge on any atom is 0.0950 e. The molecule has 4 heteroatoms. The molecule has 1 aliphatic carbocycles. The Kier molecular flexibility index (Phi) is 3.68. The summed E-state index contributed by atoms with van der Waals surface area (Å²) in [4.78, 5) is 5.10. The molecule has 1 saturated carbocycles. The zero-order chi connectivity index (χ0) is 12.4. The molecule has 1 atom stereocenters. The van der Waals surface area contributed by atoms with Crippen molar-refractivity contribution in [1.82, 2.24) is 9.80 Å². The smallest absolute Gasteiger partial charge is 0.0950 e. The summed E-state index contributed by atoms with van der Waals surface area (Å²) in [5.74, 6) is 0.996. The fourth-order valence-electron chi connectivity index (χ4n) is 2.88. The first-order valence-corrected chi connectivity index (χ1v) is 7.05. The van der Waals surface area contributed by atoms with E-state index in [1.807, 2.05) is 12.3 Å². The Morgan fingerprint density at radius 1 is 1.28 bits per heavy atom. The third-order valence-electron chi connectivity index (χ3n) is 4.21. The molecule has 0 spiro atoms. The molecule has 2 heterocycles. The average molecular weight is 249 g/mol. The molecule has 0 aromatic carbocycles. The lowest BCUT2D eigenvalue weighted by molar-refractivity contribution is 0.0953. The van der Waals surface area contributed by atoms with E-state index in [1.54, 1.807) is 6.26 Å². The summed E-state index contributed by atoms with van der Waals surface area (Å²) in [5.41, 5.74) is 7.14. The van der Waals surface area contributed by atoms with E-state index in [4.69, 9.17) is 10.2 Å². The fourth-order valence-corrected chi connectivity index (χ4v) is 2.88. The molecule has 3 rings (SSSR count). The molecule has 0 amide bonds. The van der Waals surface area contributed by atoms with Gasteiger partial charge < -0.3 is 15.1 Å². The molecule has 4 nitrogen and oxygen atoms in total. The highest BCUT2D eigenvalue weighted by atomic mass is 16.3. The van der Waals surface area contributed by atoms with Gasteiger partial charge in [-0.2, -0.15) is 0 Å². The van der Waals surface area contributed by atoms with Crippen LogP contribution in [0.5, 0.6) is 0 Å². The van der Waals surface area contributed by atoms with Gasteiger partial charge in [-0.25, -0.2) is 0 Å². The number of furan rings is 1. The van der Waals surface area contributed by atoms with E-state index in [-0.39, 0.29) is 0 Å². The van der Waals surface area contributed by atoms with Gasteiger partial charge in [0.05, 0.1) is 18.6 Å². The Morgan fingerprint density at radius 3 is 2.61 bits per heavy atom. The van der Waals surface area contributed by atoms with Gasteiger partial charge in [0.1, 0.15) is 0 Å². The van der Waals surface area contributed by atoms with Gasteiger partial charge in [-0.15, -0.1) is 0 Å². The van der Waals surface area contributed by atoms with Crippen molar-refractivity contribution in [2.24, 2.45) is 11.7 Å². The van der Waals surface area contributed by atoms with Crippen LogP contribution in [-0.4, -0.2) is 49.1 Å². The normalized spacial score (nSPS) is 24.3. The molecule has 18 heavy (non-hydrogen) atoms. The van der Waals surface area contributed by atoms with Gasteiger partial charge in [0, 0.05) is 44.8 Å². The highest BCUT2D eigenvalue weighted by molar-refractivity contribution is 5.12. The summed E-state index contributed by atoms with van der Waals surface area (Å²) in [5, 5.41) is 0. The van der Waals surface area contributed by atoms with E-state index in [0.29, 0.717) is 12.6 Å². The van der Waals surface area contributed by atoms with Crippen LogP contribution in [0.15, 0.2) is 23.0 Å². The number of nitrogens with two attached hydrogens (primary N) is 1. The van der Waals surface area contributed by atoms with E-state index in [2.05, 4.69) is 9.80 Å². The minimum absolute atomic E-state index is 0.326. The Bertz CT molecular complexity index is 353. The van der Waals surface area contributed by atoms with Gasteiger partial charge in [0.25, 0.3) is 0 Å². The number of rotatable bonds is 5. The zero-order valence-corrected chi connectivity index (χ0v) is 10.9. The van der Waals surface area contributed by atoms with Crippen molar-refractivity contribution in [3.63, 3.8) is 0 Å². The quantitative estimate of drug-likeness (QED) is 0.854. The van der Waals surface area contributed by atoms with E-state index in [0.717, 1.165) is 19.0 Å². The van der Waals surface area contributed by atoms with Gasteiger partial charge in [0.15, 0.2) is 0 Å². The van der Waals surface area contributed by atoms with Gasteiger partial charge in [-0.1, -0.05) is 0 Å². The van der Waals surface area contributed by atoms with E-state index >= 15 is 0 Å². The first kappa shape index (κ1) is 12.2. The predicted molar refractivity (Wildman–Crippen MR) is 71.2 cm³/mol. The van der Waals surface area contributed by atoms with Gasteiger partial charge in [0.2, 0.25) is 0 Å². The van der Waals surface area contributed by atoms with E-state index in [9.17, 15) is 0 Å². The number of nitrogens with zero attached hydrogens (tertiary/aromatic N) is 2. The van der Waals surface area contributed by atoms with Gasteiger partial charge in [-0.3, -0.25) is 4.90 Å². The number of hydrogen-bond donors (Lipinski definition) is 1. The first-order chi connectivity index (χ1) is 8.86. The van der Waals surface area contributed by atoms with Crippen molar-refractivity contribution < 1.29 is 4.42 Å². The first-order valence-electron chi connectivity index (χ1n) is 7.05. The highest BCUT2D eigenvalue weighted by Gasteiger charge is 2.28. The topological polar surface area (TPSA) is 45.6 Å². The highest BCUT2D eigenvalue weighted by Crippen LogP contribution is 2.30. The second-order valence-corrected chi connectivity index (χ2v) is 5.59. The monoisotopic (exact) mass is 249 g/mol. The van der Waals surface area contributed by atoms with Crippen LogP contribution in [0.2, 0.25) is 0 Å². The van der Waals surface area contributed by atoms with Crippen molar-refractivity contribution in [3.05, 3.63) is 24.2 Å². The Morgan fingerprint density at radius 2 is 2.06 bits per heavy atom. The van der Waals surface area contributed by atoms with Crippen LogP contribution in [0, 0.1) is 5.92 Å². The molecule has 1 saturated heterocycles. The summed E-state index contributed by atoms with van der Waals surface area (Å²) < 4.78 is 5.18. The van der Waals surface area contributed by atoms with Crippen molar-refractivity contribution in [3.8, 4) is 0 Å². The molecule has 1 aromatic heterocycles. The van der Waals surface area contributed by atoms with Crippen molar-refractivity contribution in [1.29, 1.82) is 0 Å². The molecule has 100 valence electrons. The van der Waals surface area contributed by atoms with Gasteiger partial charge >= 0.3 is 0 Å². The standard InChI is InChI=1S/C14H23N3O/c15-9-14(13-3-8-18-11-13)17-6-4-16(5-7-17)10-12-1-2-12/h3,8,11-12,14H,1-2,4-7,9-10,15H2. The zero-order valence-electron chi connectivity index (χ0n) is 10.9. The summed E-state index contributed by atoms with van der Waals surface area (Å²) in [7, 11) is 0. The van der Waals surface area contributed by atoms with Crippen LogP contribution in [0.3, 0.4) is 0 Å². The molecule has 2 fully saturated rings. The minimum Gasteiger partial charge on any atom is -0.472 e. The Labute approximate surface area is 109 Å². The molecule has 1 aliphatic heterocycles. The van der Waals surface area contributed by atoms with E-state index in [1.165, 1.54) is 38.0 Å². The van der Waals surface area contributed by atoms with Crippen LogP contribution in [0.4, 0.5) is 0 Å². The van der Waals surface area contributed by atoms with Crippen molar-refractivity contribution in [2.45, 2.75) is 18.9 Å². The average Bonchev–Trinajstić information content (AvgIpc) is 3.05. The summed E-state index contributed by atoms with van der Waals surface area (Å²) in [6.45, 7) is 6.60. The molecular formula is C14H23N3O. The molecule has 0 radical (unpaired) electrons. The maximum absolute atomic E-state index is 5.92. The second-order valence-electron chi connectivity index (χ2n) is 5.59. The van der Waals surface area contributed by atoms with Crippen LogP contribution in [0.1, 0.15) is 24.4 Å².